The van der Waals surface area contributed by atoms with Crippen molar-refractivity contribution in [2.24, 2.45) is 0 Å². The lowest BCUT2D eigenvalue weighted by atomic mass is 10.1. The molecule has 0 amide bonds. The molecule has 0 aliphatic rings. The fraction of sp³-hybridized carbons (Fsp3) is 0.462. The first kappa shape index (κ1) is 14.3. The van der Waals surface area contributed by atoms with Crippen LogP contribution in [-0.2, 0) is 11.2 Å². The minimum Gasteiger partial charge on any atom is -0.504 e. The van der Waals surface area contributed by atoms with Crippen molar-refractivity contribution < 1.29 is 19.4 Å². The van der Waals surface area contributed by atoms with Crippen LogP contribution in [0.1, 0.15) is 12.5 Å². The third-order valence-electron chi connectivity index (χ3n) is 2.49. The molecule has 0 aliphatic carbocycles. The largest absolute Gasteiger partial charge is 0.504 e. The summed E-state index contributed by atoms with van der Waals surface area (Å²) >= 11 is 0. The van der Waals surface area contributed by atoms with Gasteiger partial charge in [0.25, 0.3) is 0 Å². The van der Waals surface area contributed by atoms with Gasteiger partial charge in [-0.2, -0.15) is 0 Å². The Morgan fingerprint density at radius 3 is 2.61 bits per heavy atom. The van der Waals surface area contributed by atoms with Crippen LogP contribution in [0.25, 0.3) is 0 Å². The Hall–Kier alpha value is -1.75. The number of methoxy groups -OCH3 is 2. The third-order valence-corrected chi connectivity index (χ3v) is 2.49. The first-order valence-corrected chi connectivity index (χ1v) is 5.78. The highest BCUT2D eigenvalue weighted by Gasteiger charge is 2.13. The first-order chi connectivity index (χ1) is 8.62. The van der Waals surface area contributed by atoms with Gasteiger partial charge in [-0.3, -0.25) is 4.79 Å². The molecule has 1 aromatic carbocycles. The van der Waals surface area contributed by atoms with Crippen LogP contribution < -0.4 is 14.8 Å². The maximum atomic E-state index is 11.6. The Morgan fingerprint density at radius 2 is 2.06 bits per heavy atom. The summed E-state index contributed by atoms with van der Waals surface area (Å²) in [5.41, 5.74) is 0.702. The number of carbonyl (C=O) groups excluding carboxylic acids is 1. The topological polar surface area (TPSA) is 67.8 Å². The van der Waals surface area contributed by atoms with E-state index in [-0.39, 0.29) is 23.7 Å². The van der Waals surface area contributed by atoms with E-state index in [1.165, 1.54) is 20.3 Å². The van der Waals surface area contributed by atoms with Crippen LogP contribution in [0.15, 0.2) is 12.1 Å². The van der Waals surface area contributed by atoms with E-state index in [1.54, 1.807) is 6.07 Å². The van der Waals surface area contributed by atoms with Gasteiger partial charge in [0.05, 0.1) is 20.8 Å². The molecule has 0 atom stereocenters. The summed E-state index contributed by atoms with van der Waals surface area (Å²) < 4.78 is 10.1. The molecule has 0 bridgehead atoms. The number of phenols is 1. The van der Waals surface area contributed by atoms with Gasteiger partial charge >= 0.3 is 0 Å². The lowest BCUT2D eigenvalue weighted by molar-refractivity contribution is -0.117. The monoisotopic (exact) mass is 253 g/mol. The fourth-order valence-corrected chi connectivity index (χ4v) is 1.66. The molecule has 5 heteroatoms. The van der Waals surface area contributed by atoms with Crippen LogP contribution in [0.2, 0.25) is 0 Å². The van der Waals surface area contributed by atoms with Gasteiger partial charge in [-0.25, -0.2) is 0 Å². The maximum Gasteiger partial charge on any atom is 0.203 e. The molecule has 100 valence electrons. The van der Waals surface area contributed by atoms with Crippen molar-refractivity contribution in [2.45, 2.75) is 13.3 Å². The van der Waals surface area contributed by atoms with Crippen LogP contribution in [0.4, 0.5) is 0 Å². The van der Waals surface area contributed by atoms with E-state index in [2.05, 4.69) is 5.32 Å². The molecule has 0 aromatic heterocycles. The molecule has 1 rings (SSSR count). The highest BCUT2D eigenvalue weighted by atomic mass is 16.5. The van der Waals surface area contributed by atoms with E-state index in [9.17, 15) is 9.90 Å². The number of nitrogens with one attached hydrogen (secondary N) is 1. The number of ketones is 1. The Morgan fingerprint density at radius 1 is 1.33 bits per heavy atom. The third kappa shape index (κ3) is 3.63. The van der Waals surface area contributed by atoms with Crippen LogP contribution in [0.3, 0.4) is 0 Å². The number of ether oxygens (including phenoxy) is 2. The van der Waals surface area contributed by atoms with Crippen LogP contribution >= 0.6 is 0 Å². The number of hydrogen-bond donors (Lipinski definition) is 2. The molecule has 0 heterocycles. The van der Waals surface area contributed by atoms with Gasteiger partial charge < -0.3 is 19.9 Å². The van der Waals surface area contributed by atoms with Gasteiger partial charge in [0.15, 0.2) is 17.3 Å². The zero-order valence-corrected chi connectivity index (χ0v) is 10.9. The molecule has 0 spiro atoms. The summed E-state index contributed by atoms with van der Waals surface area (Å²) in [6, 6.07) is 3.22. The van der Waals surface area contributed by atoms with Crippen molar-refractivity contribution in [2.75, 3.05) is 27.3 Å². The molecule has 0 saturated carbocycles. The molecule has 0 radical (unpaired) electrons. The van der Waals surface area contributed by atoms with Crippen molar-refractivity contribution in [3.8, 4) is 17.2 Å². The van der Waals surface area contributed by atoms with Gasteiger partial charge in [-0.1, -0.05) is 6.92 Å². The minimum atomic E-state index is -0.0249. The van der Waals surface area contributed by atoms with Crippen LogP contribution in [0.5, 0.6) is 17.2 Å². The van der Waals surface area contributed by atoms with Crippen LogP contribution in [-0.4, -0.2) is 38.2 Å². The molecule has 0 unspecified atom stereocenters. The SMILES string of the molecule is CCNCC(=O)Cc1cc(O)c(OC)c(OC)c1. The summed E-state index contributed by atoms with van der Waals surface area (Å²) in [6.07, 6.45) is 0.251. The number of rotatable bonds is 7. The fourth-order valence-electron chi connectivity index (χ4n) is 1.66. The van der Waals surface area contributed by atoms with Crippen molar-refractivity contribution >= 4 is 5.78 Å². The molecule has 0 fully saturated rings. The first-order valence-electron chi connectivity index (χ1n) is 5.78. The molecule has 5 nitrogen and oxygen atoms in total. The van der Waals surface area contributed by atoms with E-state index in [1.807, 2.05) is 6.92 Å². The molecule has 1 aromatic rings. The summed E-state index contributed by atoms with van der Waals surface area (Å²) in [5, 5.41) is 12.7. The normalized spacial score (nSPS) is 10.2. The van der Waals surface area contributed by atoms with Crippen molar-refractivity contribution in [1.82, 2.24) is 5.32 Å². The smallest absolute Gasteiger partial charge is 0.203 e. The number of aromatic hydroxyl groups is 1. The highest BCUT2D eigenvalue weighted by Crippen LogP contribution is 2.37. The number of Topliss-reactive ketones (excluding diaryl/α,β-unsaturated/α-hetero) is 1. The second-order valence-corrected chi connectivity index (χ2v) is 3.85. The number of benzene rings is 1. The Balaban J connectivity index is 2.84. The molecule has 0 saturated heterocycles. The van der Waals surface area contributed by atoms with Gasteiger partial charge in [0, 0.05) is 6.42 Å². The van der Waals surface area contributed by atoms with Crippen LogP contribution in [0, 0.1) is 0 Å². The number of likely N-dealkylation sites (N-methyl/N-ethyl adjacent to an activating group) is 1. The Labute approximate surface area is 107 Å². The van der Waals surface area contributed by atoms with E-state index in [0.717, 1.165) is 6.54 Å². The predicted molar refractivity (Wildman–Crippen MR) is 68.5 cm³/mol. The van der Waals surface area contributed by atoms with Gasteiger partial charge in [0.2, 0.25) is 5.75 Å². The van der Waals surface area contributed by atoms with Crippen molar-refractivity contribution in [3.05, 3.63) is 17.7 Å². The lowest BCUT2D eigenvalue weighted by Crippen LogP contribution is -2.23. The van der Waals surface area contributed by atoms with Gasteiger partial charge in [-0.05, 0) is 24.2 Å². The Bertz CT molecular complexity index is 418. The molecule has 2 N–H and O–H groups in total. The standard InChI is InChI=1S/C13H19NO4/c1-4-14-8-10(15)5-9-6-11(16)13(18-3)12(7-9)17-2/h6-7,14,16H,4-5,8H2,1-3H3. The summed E-state index contributed by atoms with van der Waals surface area (Å²) in [6.45, 7) is 3.02. The zero-order valence-electron chi connectivity index (χ0n) is 10.9. The molecular weight excluding hydrogens is 234 g/mol. The second kappa shape index (κ2) is 6.86. The van der Waals surface area contributed by atoms with E-state index >= 15 is 0 Å². The zero-order chi connectivity index (χ0) is 13.5. The lowest BCUT2D eigenvalue weighted by Gasteiger charge is -2.11. The summed E-state index contributed by atoms with van der Waals surface area (Å²) in [5.74, 6) is 0.732. The quantitative estimate of drug-likeness (QED) is 0.762. The molecular formula is C13H19NO4. The highest BCUT2D eigenvalue weighted by molar-refractivity contribution is 5.83. The number of phenolic OH excluding ortho intramolecular Hbond substituents is 1. The van der Waals surface area contributed by atoms with E-state index in [0.29, 0.717) is 17.9 Å². The second-order valence-electron chi connectivity index (χ2n) is 3.85. The molecule has 18 heavy (non-hydrogen) atoms. The van der Waals surface area contributed by atoms with Crippen molar-refractivity contribution in [1.29, 1.82) is 0 Å². The van der Waals surface area contributed by atoms with E-state index < -0.39 is 0 Å². The maximum absolute atomic E-state index is 11.6. The number of hydrogen-bond acceptors (Lipinski definition) is 5. The Kier molecular flexibility index (Phi) is 5.45. The average Bonchev–Trinajstić information content (AvgIpc) is 2.35. The molecule has 0 aliphatic heterocycles. The minimum absolute atomic E-state index is 0.0249. The number of carbonyl (C=O) groups is 1. The predicted octanol–water partition coefficient (Wildman–Crippen LogP) is 1.13. The van der Waals surface area contributed by atoms with E-state index in [4.69, 9.17) is 9.47 Å². The van der Waals surface area contributed by atoms with Gasteiger partial charge in [-0.15, -0.1) is 0 Å². The summed E-state index contributed by atoms with van der Waals surface area (Å²) in [4.78, 5) is 11.6. The average molecular weight is 253 g/mol. The van der Waals surface area contributed by atoms with Crippen molar-refractivity contribution in [3.63, 3.8) is 0 Å². The van der Waals surface area contributed by atoms with Gasteiger partial charge in [0.1, 0.15) is 0 Å². The summed E-state index contributed by atoms with van der Waals surface area (Å²) in [7, 11) is 2.94.